The Labute approximate surface area is 138 Å². The van der Waals surface area contributed by atoms with E-state index in [0.29, 0.717) is 6.61 Å². The third-order valence-electron chi connectivity index (χ3n) is 4.84. The van der Waals surface area contributed by atoms with Crippen molar-refractivity contribution >= 4 is 11.6 Å². The van der Waals surface area contributed by atoms with Crippen LogP contribution in [0.4, 0.5) is 5.69 Å². The molecule has 0 radical (unpaired) electrons. The molecule has 2 unspecified atom stereocenters. The summed E-state index contributed by atoms with van der Waals surface area (Å²) in [5, 5.41) is 0. The van der Waals surface area contributed by atoms with Gasteiger partial charge in [-0.2, -0.15) is 0 Å². The fourth-order valence-corrected chi connectivity index (χ4v) is 3.55. The van der Waals surface area contributed by atoms with Gasteiger partial charge in [0.15, 0.2) is 0 Å². The summed E-state index contributed by atoms with van der Waals surface area (Å²) >= 11 is 0. The zero-order valence-corrected chi connectivity index (χ0v) is 14.2. The molecule has 0 aliphatic carbocycles. The normalized spacial score (nSPS) is 22.5. The number of rotatable bonds is 4. The van der Waals surface area contributed by atoms with Gasteiger partial charge >= 0.3 is 0 Å². The molecule has 2 aliphatic rings. The first-order valence-corrected chi connectivity index (χ1v) is 8.80. The number of anilines is 1. The minimum Gasteiger partial charge on any atom is -0.376 e. The summed E-state index contributed by atoms with van der Waals surface area (Å²) in [6, 6.07) is 6.28. The Balaban J connectivity index is 1.64. The summed E-state index contributed by atoms with van der Waals surface area (Å²) in [6.07, 6.45) is 5.14. The molecule has 0 bridgehead atoms. The molecule has 126 valence electrons. The molecule has 1 amide bonds. The second kappa shape index (κ2) is 7.45. The summed E-state index contributed by atoms with van der Waals surface area (Å²) < 4.78 is 11.5. The number of benzene rings is 1. The Kier molecular flexibility index (Phi) is 5.34. The third-order valence-corrected chi connectivity index (χ3v) is 4.84. The van der Waals surface area contributed by atoms with E-state index in [1.54, 1.807) is 0 Å². The Morgan fingerprint density at radius 3 is 3.04 bits per heavy atom. The van der Waals surface area contributed by atoms with Crippen LogP contribution in [-0.4, -0.2) is 37.9 Å². The van der Waals surface area contributed by atoms with Crippen LogP contribution in [0.2, 0.25) is 0 Å². The highest BCUT2D eigenvalue weighted by Gasteiger charge is 2.28. The van der Waals surface area contributed by atoms with Crippen molar-refractivity contribution in [2.45, 2.75) is 58.2 Å². The lowest BCUT2D eigenvalue weighted by Gasteiger charge is -2.33. The number of carbonyl (C=O) groups is 1. The lowest BCUT2D eigenvalue weighted by molar-refractivity contribution is -0.132. The van der Waals surface area contributed by atoms with E-state index < -0.39 is 6.10 Å². The molecular formula is C19H27NO3. The van der Waals surface area contributed by atoms with Crippen LogP contribution >= 0.6 is 0 Å². The highest BCUT2D eigenvalue weighted by molar-refractivity contribution is 5.98. The minimum absolute atomic E-state index is 0.0658. The molecule has 23 heavy (non-hydrogen) atoms. The molecule has 1 aromatic carbocycles. The van der Waals surface area contributed by atoms with E-state index in [2.05, 4.69) is 25.1 Å². The summed E-state index contributed by atoms with van der Waals surface area (Å²) in [7, 11) is 0. The fourth-order valence-electron chi connectivity index (χ4n) is 3.55. The van der Waals surface area contributed by atoms with Gasteiger partial charge in [-0.25, -0.2) is 0 Å². The van der Waals surface area contributed by atoms with Crippen molar-refractivity contribution in [1.29, 1.82) is 0 Å². The molecule has 0 N–H and O–H groups in total. The van der Waals surface area contributed by atoms with E-state index in [9.17, 15) is 4.79 Å². The Hall–Kier alpha value is -1.39. The first-order valence-electron chi connectivity index (χ1n) is 8.80. The largest absolute Gasteiger partial charge is 0.376 e. The molecule has 2 heterocycles. The van der Waals surface area contributed by atoms with Crippen LogP contribution in [0.25, 0.3) is 0 Å². The monoisotopic (exact) mass is 317 g/mol. The first kappa shape index (κ1) is 16.5. The van der Waals surface area contributed by atoms with Gasteiger partial charge in [0.05, 0.1) is 12.7 Å². The smallest absolute Gasteiger partial charge is 0.255 e. The average molecular weight is 317 g/mol. The number of para-hydroxylation sites is 1. The van der Waals surface area contributed by atoms with Gasteiger partial charge in [-0.3, -0.25) is 4.79 Å². The van der Waals surface area contributed by atoms with Crippen molar-refractivity contribution in [3.8, 4) is 0 Å². The molecule has 0 saturated carbocycles. The number of amides is 1. The van der Waals surface area contributed by atoms with E-state index in [-0.39, 0.29) is 12.0 Å². The molecule has 4 heteroatoms. The number of ether oxygens (including phenoxy) is 2. The van der Waals surface area contributed by atoms with E-state index in [0.717, 1.165) is 44.5 Å². The van der Waals surface area contributed by atoms with Crippen LogP contribution in [0.15, 0.2) is 18.2 Å². The number of carbonyl (C=O) groups excluding carboxylic acids is 1. The van der Waals surface area contributed by atoms with Crippen molar-refractivity contribution < 1.29 is 14.3 Å². The standard InChI is InChI=1S/C19H27NO3/c1-14-7-5-8-16-9-6-11-20(18(14)16)19(21)15(2)23-13-17-10-3-4-12-22-17/h5,7-8,15,17H,3-4,6,9-13H2,1-2H3. The SMILES string of the molecule is Cc1cccc2c1N(C(=O)C(C)OCC1CCCCO1)CCC2. The zero-order chi connectivity index (χ0) is 16.2. The maximum absolute atomic E-state index is 12.8. The van der Waals surface area contributed by atoms with Crippen molar-refractivity contribution in [3.63, 3.8) is 0 Å². The quantitative estimate of drug-likeness (QED) is 0.855. The lowest BCUT2D eigenvalue weighted by atomic mass is 9.98. The Morgan fingerprint density at radius 1 is 1.39 bits per heavy atom. The second-order valence-electron chi connectivity index (χ2n) is 6.64. The van der Waals surface area contributed by atoms with Crippen LogP contribution in [0, 0.1) is 6.92 Å². The van der Waals surface area contributed by atoms with E-state index >= 15 is 0 Å². The number of hydrogen-bond donors (Lipinski definition) is 0. The lowest BCUT2D eigenvalue weighted by Crippen LogP contribution is -2.43. The van der Waals surface area contributed by atoms with Crippen molar-refractivity contribution in [2.24, 2.45) is 0 Å². The molecule has 3 rings (SSSR count). The number of nitrogens with zero attached hydrogens (tertiary/aromatic N) is 1. The maximum Gasteiger partial charge on any atom is 0.255 e. The van der Waals surface area contributed by atoms with Gasteiger partial charge in [0.2, 0.25) is 0 Å². The minimum atomic E-state index is -0.425. The Bertz CT molecular complexity index is 552. The third kappa shape index (κ3) is 3.75. The predicted octanol–water partition coefficient (Wildman–Crippen LogP) is 3.25. The number of aryl methyl sites for hydroxylation is 2. The van der Waals surface area contributed by atoms with Crippen LogP contribution in [0.3, 0.4) is 0 Å². The highest BCUT2D eigenvalue weighted by atomic mass is 16.5. The zero-order valence-electron chi connectivity index (χ0n) is 14.2. The van der Waals surface area contributed by atoms with Gasteiger partial charge in [0, 0.05) is 18.8 Å². The molecule has 4 nitrogen and oxygen atoms in total. The maximum atomic E-state index is 12.8. The average Bonchev–Trinajstić information content (AvgIpc) is 2.59. The predicted molar refractivity (Wildman–Crippen MR) is 90.9 cm³/mol. The summed E-state index contributed by atoms with van der Waals surface area (Å²) in [4.78, 5) is 14.8. The van der Waals surface area contributed by atoms with Crippen LogP contribution in [0.1, 0.15) is 43.7 Å². The first-order chi connectivity index (χ1) is 11.2. The molecule has 1 aromatic rings. The van der Waals surface area contributed by atoms with Gasteiger partial charge in [-0.15, -0.1) is 0 Å². The molecule has 0 aromatic heterocycles. The van der Waals surface area contributed by atoms with E-state index in [1.807, 2.05) is 11.8 Å². The van der Waals surface area contributed by atoms with Crippen LogP contribution in [0.5, 0.6) is 0 Å². The van der Waals surface area contributed by atoms with Crippen LogP contribution < -0.4 is 4.90 Å². The van der Waals surface area contributed by atoms with Crippen molar-refractivity contribution in [1.82, 2.24) is 0 Å². The molecule has 1 fully saturated rings. The summed E-state index contributed by atoms with van der Waals surface area (Å²) in [5.74, 6) is 0.0658. The molecule has 2 atom stereocenters. The number of fused-ring (bicyclic) bond motifs is 1. The molecule has 1 saturated heterocycles. The summed E-state index contributed by atoms with van der Waals surface area (Å²) in [6.45, 7) is 6.05. The Morgan fingerprint density at radius 2 is 2.26 bits per heavy atom. The second-order valence-corrected chi connectivity index (χ2v) is 6.64. The topological polar surface area (TPSA) is 38.8 Å². The molecule has 0 spiro atoms. The highest BCUT2D eigenvalue weighted by Crippen LogP contribution is 2.31. The van der Waals surface area contributed by atoms with Gasteiger partial charge in [0.1, 0.15) is 6.10 Å². The van der Waals surface area contributed by atoms with Gasteiger partial charge in [-0.05, 0) is 57.1 Å². The van der Waals surface area contributed by atoms with E-state index in [1.165, 1.54) is 17.5 Å². The van der Waals surface area contributed by atoms with E-state index in [4.69, 9.17) is 9.47 Å². The fraction of sp³-hybridized carbons (Fsp3) is 0.632. The van der Waals surface area contributed by atoms with Crippen LogP contribution in [-0.2, 0) is 20.7 Å². The van der Waals surface area contributed by atoms with Crippen molar-refractivity contribution in [3.05, 3.63) is 29.3 Å². The summed E-state index contributed by atoms with van der Waals surface area (Å²) in [5.41, 5.74) is 3.53. The van der Waals surface area contributed by atoms with Gasteiger partial charge in [-0.1, -0.05) is 18.2 Å². The number of hydrogen-bond acceptors (Lipinski definition) is 3. The molecule has 2 aliphatic heterocycles. The molecular weight excluding hydrogens is 290 g/mol. The van der Waals surface area contributed by atoms with Gasteiger partial charge in [0.25, 0.3) is 5.91 Å². The van der Waals surface area contributed by atoms with Gasteiger partial charge < -0.3 is 14.4 Å². The van der Waals surface area contributed by atoms with Crippen molar-refractivity contribution in [2.75, 3.05) is 24.7 Å².